The minimum atomic E-state index is 0.576. The summed E-state index contributed by atoms with van der Waals surface area (Å²) in [5.74, 6) is 0. The number of likely N-dealkylation sites (N-methyl/N-ethyl adjacent to an activating group) is 1. The Morgan fingerprint density at radius 1 is 1.47 bits per heavy atom. The molecule has 0 radical (unpaired) electrons. The smallest absolute Gasteiger partial charge is 0.129 e. The fourth-order valence-electron chi connectivity index (χ4n) is 2.34. The number of nitrogens with zero attached hydrogens (tertiary/aromatic N) is 2. The highest BCUT2D eigenvalue weighted by molar-refractivity contribution is 6.29. The highest BCUT2D eigenvalue weighted by atomic mass is 35.5. The lowest BCUT2D eigenvalue weighted by Crippen LogP contribution is -2.42. The van der Waals surface area contributed by atoms with Gasteiger partial charge in [0, 0.05) is 19.1 Å². The molecular weight excluding hydrogens is 234 g/mol. The van der Waals surface area contributed by atoms with Crippen molar-refractivity contribution in [1.82, 2.24) is 15.2 Å². The van der Waals surface area contributed by atoms with Gasteiger partial charge in [0.1, 0.15) is 5.15 Å². The molecule has 0 aliphatic carbocycles. The molecule has 1 fully saturated rings. The van der Waals surface area contributed by atoms with Crippen LogP contribution in [-0.4, -0.2) is 36.1 Å². The molecule has 2 heterocycles. The van der Waals surface area contributed by atoms with Crippen LogP contribution in [0.5, 0.6) is 0 Å². The Morgan fingerprint density at radius 3 is 3.06 bits per heavy atom. The van der Waals surface area contributed by atoms with Crippen molar-refractivity contribution in [3.63, 3.8) is 0 Å². The average Bonchev–Trinajstić information content (AvgIpc) is 2.30. The predicted molar refractivity (Wildman–Crippen MR) is 71.2 cm³/mol. The van der Waals surface area contributed by atoms with E-state index in [4.69, 9.17) is 11.6 Å². The third kappa shape index (κ3) is 4.26. The summed E-state index contributed by atoms with van der Waals surface area (Å²) in [6.45, 7) is 3.10. The molecule has 0 bridgehead atoms. The average molecular weight is 254 g/mol. The first-order valence-corrected chi connectivity index (χ1v) is 6.65. The lowest BCUT2D eigenvalue weighted by Gasteiger charge is -2.28. The molecule has 1 saturated heterocycles. The van der Waals surface area contributed by atoms with E-state index in [1.54, 1.807) is 0 Å². The number of rotatable bonds is 4. The summed E-state index contributed by atoms with van der Waals surface area (Å²) >= 11 is 5.88. The third-order valence-electron chi connectivity index (χ3n) is 3.15. The molecule has 0 amide bonds. The van der Waals surface area contributed by atoms with E-state index in [0.717, 1.165) is 25.3 Å². The summed E-state index contributed by atoms with van der Waals surface area (Å²) in [5, 5.41) is 4.13. The Labute approximate surface area is 108 Å². The standard InChI is InChI=1S/C13H20ClN3/c1-17(9-11-5-2-3-8-15-11)10-12-6-4-7-13(14)16-12/h4,6-7,11,15H,2-3,5,8-10H2,1H3. The molecule has 4 heteroatoms. The molecule has 0 spiro atoms. The van der Waals surface area contributed by atoms with E-state index in [-0.39, 0.29) is 0 Å². The van der Waals surface area contributed by atoms with Gasteiger partial charge in [-0.1, -0.05) is 24.1 Å². The molecule has 1 aliphatic heterocycles. The Kier molecular flexibility index (Phi) is 4.77. The molecule has 1 N–H and O–H groups in total. The summed E-state index contributed by atoms with van der Waals surface area (Å²) in [6, 6.07) is 6.43. The lowest BCUT2D eigenvalue weighted by molar-refractivity contribution is 0.254. The van der Waals surface area contributed by atoms with Gasteiger partial charge in [-0.3, -0.25) is 4.90 Å². The summed E-state index contributed by atoms with van der Waals surface area (Å²) < 4.78 is 0. The van der Waals surface area contributed by atoms with Crippen LogP contribution in [0.2, 0.25) is 5.15 Å². The summed E-state index contributed by atoms with van der Waals surface area (Å²) in [5.41, 5.74) is 1.04. The van der Waals surface area contributed by atoms with Gasteiger partial charge in [-0.05, 0) is 38.6 Å². The van der Waals surface area contributed by atoms with Gasteiger partial charge < -0.3 is 5.32 Å². The Balaban J connectivity index is 1.82. The van der Waals surface area contributed by atoms with Crippen LogP contribution in [0.25, 0.3) is 0 Å². The van der Waals surface area contributed by atoms with Crippen molar-refractivity contribution >= 4 is 11.6 Å². The second kappa shape index (κ2) is 6.34. The predicted octanol–water partition coefficient (Wildman–Crippen LogP) is 2.31. The van der Waals surface area contributed by atoms with Gasteiger partial charge in [0.15, 0.2) is 0 Å². The topological polar surface area (TPSA) is 28.2 Å². The minimum absolute atomic E-state index is 0.576. The van der Waals surface area contributed by atoms with E-state index < -0.39 is 0 Å². The lowest BCUT2D eigenvalue weighted by atomic mass is 10.0. The van der Waals surface area contributed by atoms with Crippen molar-refractivity contribution in [2.24, 2.45) is 0 Å². The van der Waals surface area contributed by atoms with Gasteiger partial charge in [-0.25, -0.2) is 4.98 Å². The molecule has 1 aliphatic rings. The van der Waals surface area contributed by atoms with Gasteiger partial charge >= 0.3 is 0 Å². The van der Waals surface area contributed by atoms with Crippen molar-refractivity contribution in [3.05, 3.63) is 29.0 Å². The zero-order valence-corrected chi connectivity index (χ0v) is 11.1. The highest BCUT2D eigenvalue weighted by Crippen LogP contribution is 2.10. The molecule has 1 atom stereocenters. The first-order chi connectivity index (χ1) is 8.24. The van der Waals surface area contributed by atoms with Crippen LogP contribution in [0.1, 0.15) is 25.0 Å². The number of hydrogen-bond acceptors (Lipinski definition) is 3. The minimum Gasteiger partial charge on any atom is -0.313 e. The third-order valence-corrected chi connectivity index (χ3v) is 3.36. The number of pyridine rings is 1. The molecule has 94 valence electrons. The van der Waals surface area contributed by atoms with Gasteiger partial charge in [0.25, 0.3) is 0 Å². The fraction of sp³-hybridized carbons (Fsp3) is 0.615. The van der Waals surface area contributed by atoms with Crippen LogP contribution in [0, 0.1) is 0 Å². The van der Waals surface area contributed by atoms with Gasteiger partial charge in [-0.15, -0.1) is 0 Å². The number of piperidine rings is 1. The van der Waals surface area contributed by atoms with Crippen LogP contribution < -0.4 is 5.32 Å². The molecule has 3 nitrogen and oxygen atoms in total. The monoisotopic (exact) mass is 253 g/mol. The van der Waals surface area contributed by atoms with E-state index in [9.17, 15) is 0 Å². The van der Waals surface area contributed by atoms with Gasteiger partial charge in [-0.2, -0.15) is 0 Å². The van der Waals surface area contributed by atoms with E-state index in [2.05, 4.69) is 22.2 Å². The van der Waals surface area contributed by atoms with Crippen molar-refractivity contribution < 1.29 is 0 Å². The van der Waals surface area contributed by atoms with Crippen LogP contribution in [0.15, 0.2) is 18.2 Å². The molecule has 0 aromatic carbocycles. The molecule has 1 aromatic heterocycles. The maximum Gasteiger partial charge on any atom is 0.129 e. The van der Waals surface area contributed by atoms with Crippen LogP contribution in [-0.2, 0) is 6.54 Å². The molecular formula is C13H20ClN3. The van der Waals surface area contributed by atoms with E-state index >= 15 is 0 Å². The zero-order valence-electron chi connectivity index (χ0n) is 10.3. The van der Waals surface area contributed by atoms with Crippen molar-refractivity contribution in [2.75, 3.05) is 20.1 Å². The fourth-order valence-corrected chi connectivity index (χ4v) is 2.52. The first-order valence-electron chi connectivity index (χ1n) is 6.27. The number of nitrogens with one attached hydrogen (secondary N) is 1. The Hall–Kier alpha value is -0.640. The van der Waals surface area contributed by atoms with Gasteiger partial charge in [0.05, 0.1) is 5.69 Å². The number of hydrogen-bond donors (Lipinski definition) is 1. The van der Waals surface area contributed by atoms with Crippen LogP contribution in [0.3, 0.4) is 0 Å². The maximum absolute atomic E-state index is 5.88. The summed E-state index contributed by atoms with van der Waals surface area (Å²) in [7, 11) is 2.14. The Bertz CT molecular complexity index is 350. The number of halogens is 1. The first kappa shape index (κ1) is 12.8. The highest BCUT2D eigenvalue weighted by Gasteiger charge is 2.14. The van der Waals surface area contributed by atoms with Crippen molar-refractivity contribution in [3.8, 4) is 0 Å². The quantitative estimate of drug-likeness (QED) is 0.835. The van der Waals surface area contributed by atoms with Gasteiger partial charge in [0.2, 0.25) is 0 Å². The molecule has 0 saturated carbocycles. The molecule has 1 aromatic rings. The molecule has 1 unspecified atom stereocenters. The molecule has 17 heavy (non-hydrogen) atoms. The van der Waals surface area contributed by atoms with E-state index in [0.29, 0.717) is 11.2 Å². The second-order valence-electron chi connectivity index (χ2n) is 4.80. The normalized spacial score (nSPS) is 20.8. The molecule has 2 rings (SSSR count). The van der Waals surface area contributed by atoms with E-state index in [1.165, 1.54) is 19.3 Å². The second-order valence-corrected chi connectivity index (χ2v) is 5.18. The van der Waals surface area contributed by atoms with Crippen molar-refractivity contribution in [2.45, 2.75) is 31.8 Å². The van der Waals surface area contributed by atoms with Crippen molar-refractivity contribution in [1.29, 1.82) is 0 Å². The van der Waals surface area contributed by atoms with Crippen LogP contribution >= 0.6 is 11.6 Å². The number of aromatic nitrogens is 1. The summed E-state index contributed by atoms with van der Waals surface area (Å²) in [4.78, 5) is 6.62. The zero-order chi connectivity index (χ0) is 12.1. The largest absolute Gasteiger partial charge is 0.313 e. The Morgan fingerprint density at radius 2 is 2.35 bits per heavy atom. The van der Waals surface area contributed by atoms with Crippen LogP contribution in [0.4, 0.5) is 0 Å². The maximum atomic E-state index is 5.88. The van der Waals surface area contributed by atoms with E-state index in [1.807, 2.05) is 18.2 Å². The SMILES string of the molecule is CN(Cc1cccc(Cl)n1)CC1CCCCN1. The summed E-state index contributed by atoms with van der Waals surface area (Å²) in [6.07, 6.45) is 3.95.